The third kappa shape index (κ3) is 3.95. The molecule has 0 aliphatic rings. The van der Waals surface area contributed by atoms with E-state index >= 15 is 0 Å². The van der Waals surface area contributed by atoms with Crippen molar-refractivity contribution < 1.29 is 13.2 Å². The molecular weight excluding hydrogens is 432 g/mol. The van der Waals surface area contributed by atoms with E-state index in [1.54, 1.807) is 37.3 Å². The molecule has 6 heteroatoms. The first-order valence-electron chi connectivity index (χ1n) is 10.8. The number of nitrogens with zero attached hydrogens (tertiary/aromatic N) is 1. The molecule has 1 heterocycles. The number of anilines is 1. The lowest BCUT2D eigenvalue weighted by Gasteiger charge is -2.16. The summed E-state index contributed by atoms with van der Waals surface area (Å²) in [6.45, 7) is 11.3. The Hall–Kier alpha value is -3.38. The minimum absolute atomic E-state index is 0.0565. The number of rotatable bonds is 5. The topological polar surface area (TPSA) is 68.2 Å². The number of aryl methyl sites for hydroxylation is 3. The van der Waals surface area contributed by atoms with Crippen LogP contribution in [0.15, 0.2) is 59.5 Å². The summed E-state index contributed by atoms with van der Waals surface area (Å²) in [5, 5.41) is 0.741. The molecule has 0 fully saturated rings. The molecule has 0 unspecified atom stereocenters. The van der Waals surface area contributed by atoms with Crippen LogP contribution in [0.25, 0.3) is 16.6 Å². The Morgan fingerprint density at radius 3 is 1.91 bits per heavy atom. The van der Waals surface area contributed by atoms with Crippen LogP contribution in [-0.4, -0.2) is 18.8 Å². The Morgan fingerprint density at radius 2 is 1.36 bits per heavy atom. The van der Waals surface area contributed by atoms with E-state index in [2.05, 4.69) is 9.29 Å². The van der Waals surface area contributed by atoms with Crippen LogP contribution in [0.4, 0.5) is 5.69 Å². The zero-order valence-electron chi connectivity index (χ0n) is 19.8. The van der Waals surface area contributed by atoms with Gasteiger partial charge in [0.1, 0.15) is 0 Å². The van der Waals surface area contributed by atoms with Gasteiger partial charge in [-0.25, -0.2) is 8.42 Å². The SMILES string of the molecule is CC(=O)c1c(C)n(-c2ccc(C)cc2)c2c(C)c(C)c(NS(=O)(=O)c3ccc(C)cc3)cc12. The maximum absolute atomic E-state index is 13.1. The second-order valence-electron chi connectivity index (χ2n) is 8.68. The van der Waals surface area contributed by atoms with Crippen LogP contribution in [0.1, 0.15) is 45.2 Å². The van der Waals surface area contributed by atoms with E-state index in [9.17, 15) is 13.2 Å². The molecule has 0 atom stereocenters. The summed E-state index contributed by atoms with van der Waals surface area (Å²) < 4.78 is 31.0. The number of ketones is 1. The second kappa shape index (κ2) is 8.19. The van der Waals surface area contributed by atoms with E-state index in [0.29, 0.717) is 11.3 Å². The summed E-state index contributed by atoms with van der Waals surface area (Å²) in [5.41, 5.74) is 7.67. The Morgan fingerprint density at radius 1 is 0.818 bits per heavy atom. The molecule has 0 spiro atoms. The third-order valence-electron chi connectivity index (χ3n) is 6.28. The normalized spacial score (nSPS) is 11.7. The largest absolute Gasteiger partial charge is 0.313 e. The van der Waals surface area contributed by atoms with Crippen molar-refractivity contribution in [3.63, 3.8) is 0 Å². The first kappa shape index (κ1) is 22.8. The van der Waals surface area contributed by atoms with Crippen molar-refractivity contribution in [3.8, 4) is 5.69 Å². The second-order valence-corrected chi connectivity index (χ2v) is 10.4. The van der Waals surface area contributed by atoms with Crippen molar-refractivity contribution in [2.75, 3.05) is 4.72 Å². The lowest BCUT2D eigenvalue weighted by molar-refractivity contribution is 0.101. The van der Waals surface area contributed by atoms with Gasteiger partial charge in [-0.3, -0.25) is 9.52 Å². The molecule has 0 saturated heterocycles. The Bertz CT molecular complexity index is 1490. The molecule has 4 rings (SSSR count). The van der Waals surface area contributed by atoms with Gasteiger partial charge in [0.25, 0.3) is 10.0 Å². The Labute approximate surface area is 195 Å². The molecule has 0 bridgehead atoms. The minimum Gasteiger partial charge on any atom is -0.313 e. The van der Waals surface area contributed by atoms with Gasteiger partial charge < -0.3 is 4.57 Å². The summed E-state index contributed by atoms with van der Waals surface area (Å²) in [6, 6.07) is 16.7. The fourth-order valence-electron chi connectivity index (χ4n) is 4.34. The van der Waals surface area contributed by atoms with E-state index in [-0.39, 0.29) is 10.7 Å². The van der Waals surface area contributed by atoms with Gasteiger partial charge in [0.05, 0.1) is 16.1 Å². The lowest BCUT2D eigenvalue weighted by atomic mass is 10.0. The molecule has 0 aliphatic carbocycles. The van der Waals surface area contributed by atoms with Gasteiger partial charge in [-0.1, -0.05) is 35.4 Å². The molecule has 1 aromatic heterocycles. The van der Waals surface area contributed by atoms with Crippen molar-refractivity contribution in [2.24, 2.45) is 0 Å². The smallest absolute Gasteiger partial charge is 0.261 e. The molecule has 0 saturated carbocycles. The molecule has 3 aromatic carbocycles. The number of carbonyl (C=O) groups excluding carboxylic acids is 1. The lowest BCUT2D eigenvalue weighted by Crippen LogP contribution is -2.14. The number of aromatic nitrogens is 1. The number of sulfonamides is 1. The Kier molecular flexibility index (Phi) is 5.66. The van der Waals surface area contributed by atoms with Crippen LogP contribution in [0.3, 0.4) is 0 Å². The predicted octanol–water partition coefficient (Wildman–Crippen LogP) is 6.18. The van der Waals surface area contributed by atoms with Crippen molar-refractivity contribution in [3.05, 3.63) is 88.1 Å². The molecule has 5 nitrogen and oxygen atoms in total. The molecule has 1 N–H and O–H groups in total. The number of fused-ring (bicyclic) bond motifs is 1. The number of benzene rings is 3. The fraction of sp³-hybridized carbons (Fsp3) is 0.222. The summed E-state index contributed by atoms with van der Waals surface area (Å²) in [7, 11) is -3.77. The molecule has 0 aliphatic heterocycles. The maximum Gasteiger partial charge on any atom is 0.261 e. The van der Waals surface area contributed by atoms with Crippen molar-refractivity contribution in [1.82, 2.24) is 4.57 Å². The fourth-order valence-corrected chi connectivity index (χ4v) is 5.46. The van der Waals surface area contributed by atoms with Gasteiger partial charge >= 0.3 is 0 Å². The monoisotopic (exact) mass is 460 g/mol. The van der Waals surface area contributed by atoms with Crippen molar-refractivity contribution in [2.45, 2.75) is 46.4 Å². The van der Waals surface area contributed by atoms with Gasteiger partial charge in [0.15, 0.2) is 5.78 Å². The standard InChI is InChI=1S/C27H28N2O3S/c1-16-7-11-22(12-8-16)29-20(5)26(21(6)30)24-15-25(18(3)19(4)27(24)29)28-33(31,32)23-13-9-17(2)10-14-23/h7-15,28H,1-6H3. The van der Waals surface area contributed by atoms with Crippen molar-refractivity contribution in [1.29, 1.82) is 0 Å². The number of carbonyl (C=O) groups is 1. The number of hydrogen-bond acceptors (Lipinski definition) is 3. The molecular formula is C27H28N2O3S. The highest BCUT2D eigenvalue weighted by atomic mass is 32.2. The van der Waals surface area contributed by atoms with Crippen LogP contribution in [0, 0.1) is 34.6 Å². The van der Waals surface area contributed by atoms with Crippen LogP contribution in [0.2, 0.25) is 0 Å². The first-order chi connectivity index (χ1) is 15.5. The summed E-state index contributed by atoms with van der Waals surface area (Å²) in [5.74, 6) is -0.0565. The Balaban J connectivity index is 1.95. The van der Waals surface area contributed by atoms with Crippen LogP contribution in [-0.2, 0) is 10.0 Å². The van der Waals surface area contributed by atoms with Gasteiger partial charge in [0.2, 0.25) is 0 Å². The van der Waals surface area contributed by atoms with Gasteiger partial charge in [-0.2, -0.15) is 0 Å². The predicted molar refractivity (Wildman–Crippen MR) is 134 cm³/mol. The highest BCUT2D eigenvalue weighted by molar-refractivity contribution is 7.92. The van der Waals surface area contributed by atoms with Crippen LogP contribution >= 0.6 is 0 Å². The zero-order valence-corrected chi connectivity index (χ0v) is 20.6. The summed E-state index contributed by atoms with van der Waals surface area (Å²) >= 11 is 0. The highest BCUT2D eigenvalue weighted by Gasteiger charge is 2.24. The number of hydrogen-bond donors (Lipinski definition) is 1. The van der Waals surface area contributed by atoms with E-state index in [1.807, 2.05) is 58.9 Å². The average Bonchev–Trinajstić information content (AvgIpc) is 3.04. The van der Waals surface area contributed by atoms with Crippen LogP contribution < -0.4 is 4.72 Å². The molecule has 33 heavy (non-hydrogen) atoms. The van der Waals surface area contributed by atoms with E-state index in [1.165, 1.54) is 0 Å². The van der Waals surface area contributed by atoms with Gasteiger partial charge in [0, 0.05) is 22.3 Å². The molecule has 0 amide bonds. The van der Waals surface area contributed by atoms with E-state index < -0.39 is 10.0 Å². The van der Waals surface area contributed by atoms with Gasteiger partial charge in [-0.05, 0) is 83.0 Å². The molecule has 170 valence electrons. The third-order valence-corrected chi connectivity index (χ3v) is 7.66. The van der Waals surface area contributed by atoms with Gasteiger partial charge in [-0.15, -0.1) is 0 Å². The molecule has 0 radical (unpaired) electrons. The summed E-state index contributed by atoms with van der Waals surface area (Å²) in [6.07, 6.45) is 0. The van der Waals surface area contributed by atoms with E-state index in [0.717, 1.165) is 44.5 Å². The first-order valence-corrected chi connectivity index (χ1v) is 12.3. The minimum atomic E-state index is -3.77. The summed E-state index contributed by atoms with van der Waals surface area (Å²) in [4.78, 5) is 12.9. The number of nitrogens with one attached hydrogen (secondary N) is 1. The highest BCUT2D eigenvalue weighted by Crippen LogP contribution is 2.37. The van der Waals surface area contributed by atoms with Crippen LogP contribution in [0.5, 0.6) is 0 Å². The van der Waals surface area contributed by atoms with Crippen molar-refractivity contribution >= 4 is 32.4 Å². The maximum atomic E-state index is 13.1. The zero-order chi connectivity index (χ0) is 24.1. The number of Topliss-reactive ketones (excluding diaryl/α,β-unsaturated/α-hetero) is 1. The molecule has 4 aromatic rings. The average molecular weight is 461 g/mol. The quantitative estimate of drug-likeness (QED) is 0.362. The van der Waals surface area contributed by atoms with E-state index in [4.69, 9.17) is 0 Å².